The Kier molecular flexibility index (Phi) is 5.52. The summed E-state index contributed by atoms with van der Waals surface area (Å²) in [6, 6.07) is 5.23. The standard InChI is InChI=1S/C14H17Cl2NO3/c15-10-3-4-13(12(16)8-10)20-7-6-17-5-1-2-11(17)9-14(18)19/h3-4,8,11H,1-2,5-7,9H2,(H,18,19). The first-order valence-corrected chi connectivity index (χ1v) is 7.35. The van der Waals surface area contributed by atoms with Crippen LogP contribution in [0.15, 0.2) is 18.2 Å². The van der Waals surface area contributed by atoms with Crippen LogP contribution in [0.1, 0.15) is 19.3 Å². The fraction of sp³-hybridized carbons (Fsp3) is 0.500. The number of aliphatic carboxylic acids is 1. The second-order valence-corrected chi connectivity index (χ2v) is 5.70. The lowest BCUT2D eigenvalue weighted by molar-refractivity contribution is -0.138. The number of rotatable bonds is 6. The van der Waals surface area contributed by atoms with E-state index in [4.69, 9.17) is 33.0 Å². The molecule has 1 fully saturated rings. The van der Waals surface area contributed by atoms with Crippen molar-refractivity contribution in [2.45, 2.75) is 25.3 Å². The van der Waals surface area contributed by atoms with Crippen molar-refractivity contribution in [1.29, 1.82) is 0 Å². The molecule has 1 aromatic rings. The van der Waals surface area contributed by atoms with E-state index in [0.29, 0.717) is 28.9 Å². The minimum Gasteiger partial charge on any atom is -0.491 e. The minimum absolute atomic E-state index is 0.122. The molecule has 1 atom stereocenters. The van der Waals surface area contributed by atoms with E-state index < -0.39 is 5.97 Å². The van der Waals surface area contributed by atoms with Crippen LogP contribution in [-0.2, 0) is 4.79 Å². The van der Waals surface area contributed by atoms with Crippen molar-refractivity contribution in [1.82, 2.24) is 4.90 Å². The number of carbonyl (C=O) groups is 1. The van der Waals surface area contributed by atoms with Gasteiger partial charge in [-0.3, -0.25) is 9.69 Å². The summed E-state index contributed by atoms with van der Waals surface area (Å²) in [6.07, 6.45) is 2.18. The first-order chi connectivity index (χ1) is 9.56. The van der Waals surface area contributed by atoms with Gasteiger partial charge in [-0.1, -0.05) is 23.2 Å². The summed E-state index contributed by atoms with van der Waals surface area (Å²) in [6.45, 7) is 2.12. The molecule has 0 bridgehead atoms. The van der Waals surface area contributed by atoms with Gasteiger partial charge in [0.1, 0.15) is 12.4 Å². The number of hydrogen-bond acceptors (Lipinski definition) is 3. The Morgan fingerprint density at radius 2 is 2.25 bits per heavy atom. The Morgan fingerprint density at radius 3 is 2.95 bits per heavy atom. The number of hydrogen-bond donors (Lipinski definition) is 1. The quantitative estimate of drug-likeness (QED) is 0.874. The maximum Gasteiger partial charge on any atom is 0.304 e. The van der Waals surface area contributed by atoms with E-state index in [1.165, 1.54) is 0 Å². The third-order valence-corrected chi connectivity index (χ3v) is 3.97. The van der Waals surface area contributed by atoms with E-state index in [9.17, 15) is 4.79 Å². The molecule has 1 unspecified atom stereocenters. The molecular formula is C14H17Cl2NO3. The maximum absolute atomic E-state index is 10.8. The minimum atomic E-state index is -0.747. The molecule has 20 heavy (non-hydrogen) atoms. The van der Waals surface area contributed by atoms with Crippen molar-refractivity contribution in [3.63, 3.8) is 0 Å². The first kappa shape index (κ1) is 15.4. The van der Waals surface area contributed by atoms with E-state index in [1.54, 1.807) is 18.2 Å². The summed E-state index contributed by atoms with van der Waals surface area (Å²) >= 11 is 11.8. The van der Waals surface area contributed by atoms with Crippen LogP contribution in [0.3, 0.4) is 0 Å². The summed E-state index contributed by atoms with van der Waals surface area (Å²) in [5.41, 5.74) is 0. The number of carboxylic acids is 1. The van der Waals surface area contributed by atoms with Crippen LogP contribution in [0, 0.1) is 0 Å². The molecule has 1 saturated heterocycles. The molecule has 4 nitrogen and oxygen atoms in total. The van der Waals surface area contributed by atoms with Crippen LogP contribution in [0.4, 0.5) is 0 Å². The molecule has 0 amide bonds. The van der Waals surface area contributed by atoms with Crippen LogP contribution in [0.2, 0.25) is 10.0 Å². The largest absolute Gasteiger partial charge is 0.491 e. The molecule has 1 aliphatic rings. The number of benzene rings is 1. The van der Waals surface area contributed by atoms with E-state index in [0.717, 1.165) is 19.4 Å². The van der Waals surface area contributed by atoms with Gasteiger partial charge in [-0.15, -0.1) is 0 Å². The Bertz CT molecular complexity index is 481. The highest BCUT2D eigenvalue weighted by Crippen LogP contribution is 2.27. The van der Waals surface area contributed by atoms with Crippen molar-refractivity contribution in [3.05, 3.63) is 28.2 Å². The van der Waals surface area contributed by atoms with Crippen molar-refractivity contribution in [2.24, 2.45) is 0 Å². The number of halogens is 2. The molecule has 0 radical (unpaired) electrons. The highest BCUT2D eigenvalue weighted by Gasteiger charge is 2.26. The monoisotopic (exact) mass is 317 g/mol. The van der Waals surface area contributed by atoms with Crippen LogP contribution >= 0.6 is 23.2 Å². The molecule has 0 aromatic heterocycles. The van der Waals surface area contributed by atoms with Gasteiger partial charge in [0.25, 0.3) is 0 Å². The Labute approximate surface area is 128 Å². The first-order valence-electron chi connectivity index (χ1n) is 6.60. The maximum atomic E-state index is 10.8. The van der Waals surface area contributed by atoms with Crippen LogP contribution in [0.5, 0.6) is 5.75 Å². The third kappa shape index (κ3) is 4.27. The summed E-state index contributed by atoms with van der Waals surface area (Å²) in [7, 11) is 0. The lowest BCUT2D eigenvalue weighted by Gasteiger charge is -2.23. The normalized spacial score (nSPS) is 19.2. The Balaban J connectivity index is 1.81. The van der Waals surface area contributed by atoms with Crippen molar-refractivity contribution in [3.8, 4) is 5.75 Å². The van der Waals surface area contributed by atoms with Gasteiger partial charge in [-0.25, -0.2) is 0 Å². The van der Waals surface area contributed by atoms with Crippen molar-refractivity contribution < 1.29 is 14.6 Å². The second kappa shape index (κ2) is 7.16. The zero-order chi connectivity index (χ0) is 14.5. The molecule has 2 rings (SSSR count). The average molecular weight is 318 g/mol. The molecule has 1 N–H and O–H groups in total. The molecule has 1 aromatic carbocycles. The number of carboxylic acid groups (broad SMARTS) is 1. The molecule has 0 spiro atoms. The average Bonchev–Trinajstić information content (AvgIpc) is 2.79. The van der Waals surface area contributed by atoms with Crippen molar-refractivity contribution in [2.75, 3.05) is 19.7 Å². The van der Waals surface area contributed by atoms with Gasteiger partial charge in [0, 0.05) is 17.6 Å². The molecule has 0 saturated carbocycles. The third-order valence-electron chi connectivity index (χ3n) is 3.44. The van der Waals surface area contributed by atoms with E-state index in [1.807, 2.05) is 0 Å². The van der Waals surface area contributed by atoms with Gasteiger partial charge in [-0.2, -0.15) is 0 Å². The number of nitrogens with zero attached hydrogens (tertiary/aromatic N) is 1. The van der Waals surface area contributed by atoms with Gasteiger partial charge in [0.05, 0.1) is 11.4 Å². The Hall–Kier alpha value is -0.970. The zero-order valence-electron chi connectivity index (χ0n) is 11.0. The fourth-order valence-electron chi connectivity index (χ4n) is 2.49. The van der Waals surface area contributed by atoms with E-state index in [2.05, 4.69) is 4.90 Å². The van der Waals surface area contributed by atoms with Gasteiger partial charge in [0.15, 0.2) is 0 Å². The molecule has 110 valence electrons. The van der Waals surface area contributed by atoms with Crippen LogP contribution in [0.25, 0.3) is 0 Å². The summed E-state index contributed by atoms with van der Waals surface area (Å²) in [4.78, 5) is 12.9. The molecule has 0 aliphatic carbocycles. The number of ether oxygens (including phenoxy) is 1. The lowest BCUT2D eigenvalue weighted by atomic mass is 10.1. The lowest BCUT2D eigenvalue weighted by Crippen LogP contribution is -2.34. The smallest absolute Gasteiger partial charge is 0.304 e. The van der Waals surface area contributed by atoms with Crippen LogP contribution < -0.4 is 4.74 Å². The van der Waals surface area contributed by atoms with Gasteiger partial charge in [-0.05, 0) is 37.6 Å². The van der Waals surface area contributed by atoms with Crippen molar-refractivity contribution >= 4 is 29.2 Å². The van der Waals surface area contributed by atoms with E-state index in [-0.39, 0.29) is 12.5 Å². The highest BCUT2D eigenvalue weighted by atomic mass is 35.5. The summed E-state index contributed by atoms with van der Waals surface area (Å²) < 4.78 is 5.63. The predicted octanol–water partition coefficient (Wildman–Crippen LogP) is 3.31. The van der Waals surface area contributed by atoms with Crippen LogP contribution in [-0.4, -0.2) is 41.7 Å². The van der Waals surface area contributed by atoms with Gasteiger partial charge in [0.2, 0.25) is 0 Å². The highest BCUT2D eigenvalue weighted by molar-refractivity contribution is 6.35. The van der Waals surface area contributed by atoms with Gasteiger partial charge >= 0.3 is 5.97 Å². The summed E-state index contributed by atoms with van der Waals surface area (Å²) in [5.74, 6) is -0.145. The molecular weight excluding hydrogens is 301 g/mol. The fourth-order valence-corrected chi connectivity index (χ4v) is 2.95. The van der Waals surface area contributed by atoms with E-state index >= 15 is 0 Å². The van der Waals surface area contributed by atoms with Gasteiger partial charge < -0.3 is 9.84 Å². The second-order valence-electron chi connectivity index (χ2n) is 4.85. The zero-order valence-corrected chi connectivity index (χ0v) is 12.5. The molecule has 6 heteroatoms. The molecule has 1 aliphatic heterocycles. The Morgan fingerprint density at radius 1 is 1.45 bits per heavy atom. The topological polar surface area (TPSA) is 49.8 Å². The predicted molar refractivity (Wildman–Crippen MR) is 78.8 cm³/mol. The number of likely N-dealkylation sites (tertiary alicyclic amines) is 1. The summed E-state index contributed by atoms with van der Waals surface area (Å²) in [5, 5.41) is 9.93. The molecule has 1 heterocycles. The SMILES string of the molecule is O=C(O)CC1CCCN1CCOc1ccc(Cl)cc1Cl.